The van der Waals surface area contributed by atoms with Crippen molar-refractivity contribution in [2.45, 2.75) is 39.0 Å². The lowest BCUT2D eigenvalue weighted by Gasteiger charge is -2.29. The second-order valence-electron chi connectivity index (χ2n) is 6.97. The van der Waals surface area contributed by atoms with Gasteiger partial charge in [0.05, 0.1) is 6.54 Å². The Balaban J connectivity index is 1.71. The third kappa shape index (κ3) is 6.58. The van der Waals surface area contributed by atoms with Gasteiger partial charge >= 0.3 is 0 Å². The van der Waals surface area contributed by atoms with E-state index in [1.54, 1.807) is 7.11 Å². The molecule has 0 aliphatic heterocycles. The van der Waals surface area contributed by atoms with E-state index in [2.05, 4.69) is 28.6 Å². The fourth-order valence-corrected chi connectivity index (χ4v) is 3.49. The van der Waals surface area contributed by atoms with Crippen LogP contribution in [0.5, 0.6) is 5.75 Å². The predicted molar refractivity (Wildman–Crippen MR) is 103 cm³/mol. The zero-order valence-corrected chi connectivity index (χ0v) is 15.9. The van der Waals surface area contributed by atoms with E-state index in [0.717, 1.165) is 37.8 Å². The molecule has 5 heteroatoms. The smallest absolute Gasteiger partial charge is 0.191 e. The van der Waals surface area contributed by atoms with Crippen molar-refractivity contribution in [2.75, 3.05) is 40.5 Å². The van der Waals surface area contributed by atoms with E-state index >= 15 is 0 Å². The predicted octanol–water partition coefficient (Wildman–Crippen LogP) is 3.14. The first kappa shape index (κ1) is 19.6. The van der Waals surface area contributed by atoms with Crippen LogP contribution in [0.4, 0.5) is 0 Å². The van der Waals surface area contributed by atoms with Gasteiger partial charge in [0.25, 0.3) is 0 Å². The van der Waals surface area contributed by atoms with E-state index in [9.17, 15) is 0 Å². The number of methoxy groups -OCH3 is 1. The normalized spacial score (nSPS) is 16.7. The lowest BCUT2D eigenvalue weighted by atomic mass is 9.83. The molecule has 1 fully saturated rings. The highest BCUT2D eigenvalue weighted by atomic mass is 16.5. The molecule has 0 amide bonds. The molecule has 25 heavy (non-hydrogen) atoms. The fourth-order valence-electron chi connectivity index (χ4n) is 3.49. The Hall–Kier alpha value is -1.75. The lowest BCUT2D eigenvalue weighted by Crippen LogP contribution is -2.44. The number of nitrogens with one attached hydrogen (secondary N) is 2. The Bertz CT molecular complexity index is 539. The van der Waals surface area contributed by atoms with Gasteiger partial charge in [0.1, 0.15) is 12.4 Å². The molecular formula is C20H33N3O2. The van der Waals surface area contributed by atoms with Crippen molar-refractivity contribution in [3.8, 4) is 5.75 Å². The van der Waals surface area contributed by atoms with Gasteiger partial charge in [-0.25, -0.2) is 0 Å². The summed E-state index contributed by atoms with van der Waals surface area (Å²) in [6.07, 6.45) is 6.31. The molecule has 0 saturated heterocycles. The standard InChI is InChI=1S/C20H33N3O2/c1-17-7-6-8-18(15-17)25-14-12-22-19(21-2)23-16-20(11-13-24-3)9-4-5-10-20/h6-8,15H,4-5,9-14,16H2,1-3H3,(H2,21,22,23). The molecule has 1 aliphatic rings. The summed E-state index contributed by atoms with van der Waals surface area (Å²) in [4.78, 5) is 4.33. The maximum Gasteiger partial charge on any atom is 0.191 e. The van der Waals surface area contributed by atoms with Gasteiger partial charge in [-0.2, -0.15) is 0 Å². The summed E-state index contributed by atoms with van der Waals surface area (Å²) in [5, 5.41) is 6.83. The minimum atomic E-state index is 0.353. The molecule has 2 rings (SSSR count). The molecule has 0 unspecified atom stereocenters. The number of hydrogen-bond donors (Lipinski definition) is 2. The highest BCUT2D eigenvalue weighted by molar-refractivity contribution is 5.79. The van der Waals surface area contributed by atoms with Crippen molar-refractivity contribution in [3.63, 3.8) is 0 Å². The van der Waals surface area contributed by atoms with Crippen LogP contribution in [0.2, 0.25) is 0 Å². The average molecular weight is 348 g/mol. The van der Waals surface area contributed by atoms with Crippen LogP contribution < -0.4 is 15.4 Å². The molecule has 0 spiro atoms. The van der Waals surface area contributed by atoms with Crippen LogP contribution in [0.15, 0.2) is 29.3 Å². The van der Waals surface area contributed by atoms with Crippen molar-refractivity contribution in [1.82, 2.24) is 10.6 Å². The molecule has 1 aromatic rings. The van der Waals surface area contributed by atoms with Gasteiger partial charge < -0.3 is 20.1 Å². The van der Waals surface area contributed by atoms with Gasteiger partial charge in [-0.1, -0.05) is 25.0 Å². The number of aliphatic imine (C=N–C) groups is 1. The molecule has 1 aliphatic carbocycles. The van der Waals surface area contributed by atoms with Crippen LogP contribution in [0.25, 0.3) is 0 Å². The van der Waals surface area contributed by atoms with Gasteiger partial charge in [0.2, 0.25) is 0 Å². The van der Waals surface area contributed by atoms with E-state index < -0.39 is 0 Å². The zero-order valence-electron chi connectivity index (χ0n) is 15.9. The first-order valence-corrected chi connectivity index (χ1v) is 9.30. The number of benzene rings is 1. The minimum Gasteiger partial charge on any atom is -0.492 e. The third-order valence-electron chi connectivity index (χ3n) is 5.01. The van der Waals surface area contributed by atoms with Crippen molar-refractivity contribution >= 4 is 5.96 Å². The lowest BCUT2D eigenvalue weighted by molar-refractivity contribution is 0.138. The highest BCUT2D eigenvalue weighted by Gasteiger charge is 2.33. The monoisotopic (exact) mass is 347 g/mol. The summed E-state index contributed by atoms with van der Waals surface area (Å²) in [5.74, 6) is 1.76. The summed E-state index contributed by atoms with van der Waals surface area (Å²) >= 11 is 0. The molecule has 1 saturated carbocycles. The quantitative estimate of drug-likeness (QED) is 0.409. The summed E-state index contributed by atoms with van der Waals surface area (Å²) in [6, 6.07) is 8.12. The first-order chi connectivity index (χ1) is 12.2. The third-order valence-corrected chi connectivity index (χ3v) is 5.01. The van der Waals surface area contributed by atoms with Gasteiger partial charge in [0, 0.05) is 27.3 Å². The molecule has 0 radical (unpaired) electrons. The Kier molecular flexibility index (Phi) is 8.06. The number of guanidine groups is 1. The van der Waals surface area contributed by atoms with E-state index in [4.69, 9.17) is 9.47 Å². The first-order valence-electron chi connectivity index (χ1n) is 9.30. The molecule has 2 N–H and O–H groups in total. The minimum absolute atomic E-state index is 0.353. The van der Waals surface area contributed by atoms with Crippen molar-refractivity contribution in [2.24, 2.45) is 10.4 Å². The van der Waals surface area contributed by atoms with Gasteiger partial charge in [-0.05, 0) is 49.3 Å². The van der Waals surface area contributed by atoms with E-state index in [-0.39, 0.29) is 0 Å². The van der Waals surface area contributed by atoms with Gasteiger partial charge in [-0.15, -0.1) is 0 Å². The summed E-state index contributed by atoms with van der Waals surface area (Å²) in [5.41, 5.74) is 1.56. The maximum atomic E-state index is 5.77. The van der Waals surface area contributed by atoms with Crippen molar-refractivity contribution in [1.29, 1.82) is 0 Å². The number of nitrogens with zero attached hydrogens (tertiary/aromatic N) is 1. The Morgan fingerprint density at radius 2 is 2.00 bits per heavy atom. The van der Waals surface area contributed by atoms with E-state index in [1.165, 1.54) is 31.2 Å². The van der Waals surface area contributed by atoms with Crippen LogP contribution >= 0.6 is 0 Å². The highest BCUT2D eigenvalue weighted by Crippen LogP contribution is 2.40. The van der Waals surface area contributed by atoms with E-state index in [1.807, 2.05) is 25.2 Å². The molecule has 5 nitrogen and oxygen atoms in total. The van der Waals surface area contributed by atoms with Crippen LogP contribution in [0.3, 0.4) is 0 Å². The molecule has 140 valence electrons. The molecule has 1 aromatic carbocycles. The van der Waals surface area contributed by atoms with Crippen molar-refractivity contribution in [3.05, 3.63) is 29.8 Å². The number of hydrogen-bond acceptors (Lipinski definition) is 3. The second kappa shape index (κ2) is 10.3. The Morgan fingerprint density at radius 3 is 2.68 bits per heavy atom. The van der Waals surface area contributed by atoms with Gasteiger partial charge in [0.15, 0.2) is 5.96 Å². The van der Waals surface area contributed by atoms with Crippen molar-refractivity contribution < 1.29 is 9.47 Å². The number of rotatable bonds is 9. The average Bonchev–Trinajstić information content (AvgIpc) is 3.09. The zero-order chi connectivity index (χ0) is 18.0. The maximum absolute atomic E-state index is 5.77. The van der Waals surface area contributed by atoms with Crippen LogP contribution in [-0.4, -0.2) is 46.4 Å². The molecule has 0 bridgehead atoms. The summed E-state index contributed by atoms with van der Waals surface area (Å²) in [7, 11) is 3.60. The number of aryl methyl sites for hydroxylation is 1. The largest absolute Gasteiger partial charge is 0.492 e. The number of ether oxygens (including phenoxy) is 2. The molecule has 0 aromatic heterocycles. The molecule has 0 heterocycles. The Morgan fingerprint density at radius 1 is 1.20 bits per heavy atom. The second-order valence-corrected chi connectivity index (χ2v) is 6.97. The molecule has 0 atom stereocenters. The topological polar surface area (TPSA) is 54.9 Å². The summed E-state index contributed by atoms with van der Waals surface area (Å²) < 4.78 is 11.1. The SMILES string of the molecule is CN=C(NCCOc1cccc(C)c1)NCC1(CCOC)CCCC1. The molecular weight excluding hydrogens is 314 g/mol. The Labute approximate surface area is 152 Å². The van der Waals surface area contributed by atoms with Crippen LogP contribution in [0.1, 0.15) is 37.7 Å². The van der Waals surface area contributed by atoms with Gasteiger partial charge in [-0.3, -0.25) is 4.99 Å². The summed E-state index contributed by atoms with van der Waals surface area (Å²) in [6.45, 7) is 5.18. The van der Waals surface area contributed by atoms with Crippen LogP contribution in [0, 0.1) is 12.3 Å². The van der Waals surface area contributed by atoms with E-state index in [0.29, 0.717) is 12.0 Å². The fraction of sp³-hybridized carbons (Fsp3) is 0.650. The van der Waals surface area contributed by atoms with Crippen LogP contribution in [-0.2, 0) is 4.74 Å².